The first-order chi connectivity index (χ1) is 5.88. The van der Waals surface area contributed by atoms with Crippen LogP contribution >= 0.6 is 12.4 Å². The molecule has 3 heteroatoms. The predicted octanol–water partition coefficient (Wildman–Crippen LogP) is 2.81. The molecule has 2 fully saturated rings. The molecule has 0 spiro atoms. The van der Waals surface area contributed by atoms with E-state index in [0.717, 1.165) is 24.8 Å². The third-order valence-corrected chi connectivity index (χ3v) is 3.17. The molecule has 2 rings (SSSR count). The van der Waals surface area contributed by atoms with Gasteiger partial charge in [0.25, 0.3) is 0 Å². The van der Waals surface area contributed by atoms with E-state index in [1.807, 2.05) is 0 Å². The molecule has 0 atom stereocenters. The molecular formula is C10H19ClN2. The molecule has 1 N–H and O–H groups in total. The highest BCUT2D eigenvalue weighted by Crippen LogP contribution is 2.26. The van der Waals surface area contributed by atoms with Gasteiger partial charge in [-0.1, -0.05) is 19.3 Å². The molecule has 2 aliphatic rings. The summed E-state index contributed by atoms with van der Waals surface area (Å²) in [6, 6.07) is 0.730. The summed E-state index contributed by atoms with van der Waals surface area (Å²) in [4.78, 5) is 2.35. The number of rotatable bonds is 1. The van der Waals surface area contributed by atoms with Crippen molar-refractivity contribution < 1.29 is 0 Å². The van der Waals surface area contributed by atoms with E-state index in [-0.39, 0.29) is 12.4 Å². The van der Waals surface area contributed by atoms with Crippen LogP contribution in [-0.4, -0.2) is 23.3 Å². The Morgan fingerprint density at radius 3 is 2.31 bits per heavy atom. The number of hydrogen-bond donors (Lipinski definition) is 1. The summed E-state index contributed by atoms with van der Waals surface area (Å²) in [5, 5.41) is 7.77. The van der Waals surface area contributed by atoms with Crippen molar-refractivity contribution in [1.29, 1.82) is 5.41 Å². The Kier molecular flexibility index (Phi) is 4.04. The molecule has 0 aromatic heterocycles. The van der Waals surface area contributed by atoms with Crippen LogP contribution in [0.25, 0.3) is 0 Å². The number of likely N-dealkylation sites (tertiary alicyclic amines) is 1. The standard InChI is InChI=1S/C10H18N2.ClH/c11-10-7-4-8-12(10)9-5-2-1-3-6-9;/h9,11H,1-8H2;1H. The van der Waals surface area contributed by atoms with Crippen molar-refractivity contribution in [2.45, 2.75) is 51.0 Å². The maximum atomic E-state index is 7.77. The van der Waals surface area contributed by atoms with Crippen molar-refractivity contribution >= 4 is 18.2 Å². The summed E-state index contributed by atoms with van der Waals surface area (Å²) < 4.78 is 0. The highest BCUT2D eigenvalue weighted by Gasteiger charge is 2.26. The molecule has 0 aromatic rings. The topological polar surface area (TPSA) is 27.1 Å². The number of nitrogens with one attached hydrogen (secondary N) is 1. The number of halogens is 1. The van der Waals surface area contributed by atoms with Gasteiger partial charge in [-0.05, 0) is 19.3 Å². The number of nitrogens with zero attached hydrogens (tertiary/aromatic N) is 1. The molecule has 1 heterocycles. The molecule has 0 aromatic carbocycles. The van der Waals surface area contributed by atoms with Crippen molar-refractivity contribution in [3.05, 3.63) is 0 Å². The van der Waals surface area contributed by atoms with E-state index >= 15 is 0 Å². The lowest BCUT2D eigenvalue weighted by Gasteiger charge is -2.32. The van der Waals surface area contributed by atoms with E-state index in [0.29, 0.717) is 0 Å². The Balaban J connectivity index is 0.000000845. The van der Waals surface area contributed by atoms with Crippen LogP contribution in [0.4, 0.5) is 0 Å². The summed E-state index contributed by atoms with van der Waals surface area (Å²) in [6.45, 7) is 1.16. The first-order valence-corrected chi connectivity index (χ1v) is 5.22. The molecule has 2 nitrogen and oxygen atoms in total. The van der Waals surface area contributed by atoms with Gasteiger partial charge >= 0.3 is 0 Å². The van der Waals surface area contributed by atoms with Crippen LogP contribution in [0, 0.1) is 5.41 Å². The van der Waals surface area contributed by atoms with Gasteiger partial charge in [-0.3, -0.25) is 5.41 Å². The van der Waals surface area contributed by atoms with Gasteiger partial charge in [0.15, 0.2) is 0 Å². The van der Waals surface area contributed by atoms with Crippen LogP contribution in [0.15, 0.2) is 0 Å². The second-order valence-electron chi connectivity index (χ2n) is 4.04. The Morgan fingerprint density at radius 1 is 1.08 bits per heavy atom. The van der Waals surface area contributed by atoms with Gasteiger partial charge in [0.05, 0.1) is 5.84 Å². The van der Waals surface area contributed by atoms with Crippen LogP contribution in [0.2, 0.25) is 0 Å². The first kappa shape index (κ1) is 10.8. The maximum Gasteiger partial charge on any atom is 0.0960 e. The second kappa shape index (κ2) is 4.85. The van der Waals surface area contributed by atoms with Gasteiger partial charge in [0.1, 0.15) is 0 Å². The maximum absolute atomic E-state index is 7.77. The zero-order valence-electron chi connectivity index (χ0n) is 8.09. The minimum absolute atomic E-state index is 0. The lowest BCUT2D eigenvalue weighted by molar-refractivity contribution is 0.257. The highest BCUT2D eigenvalue weighted by atomic mass is 35.5. The molecular weight excluding hydrogens is 184 g/mol. The monoisotopic (exact) mass is 202 g/mol. The van der Waals surface area contributed by atoms with E-state index in [2.05, 4.69) is 4.90 Å². The van der Waals surface area contributed by atoms with Gasteiger partial charge in [-0.15, -0.1) is 12.4 Å². The lowest BCUT2D eigenvalue weighted by atomic mass is 9.94. The number of hydrogen-bond acceptors (Lipinski definition) is 1. The smallest absolute Gasteiger partial charge is 0.0960 e. The highest BCUT2D eigenvalue weighted by molar-refractivity contribution is 5.85. The zero-order valence-corrected chi connectivity index (χ0v) is 8.91. The first-order valence-electron chi connectivity index (χ1n) is 5.22. The summed E-state index contributed by atoms with van der Waals surface area (Å²) in [7, 11) is 0. The molecule has 0 unspecified atom stereocenters. The fourth-order valence-electron chi connectivity index (χ4n) is 2.49. The quantitative estimate of drug-likeness (QED) is 0.696. The molecule has 13 heavy (non-hydrogen) atoms. The molecule has 1 aliphatic heterocycles. The van der Waals surface area contributed by atoms with E-state index in [1.54, 1.807) is 0 Å². The molecule has 1 saturated carbocycles. The zero-order chi connectivity index (χ0) is 8.39. The predicted molar refractivity (Wildman–Crippen MR) is 57.8 cm³/mol. The molecule has 1 aliphatic carbocycles. The SMILES string of the molecule is Cl.N=C1CCCN1C1CCCCC1. The van der Waals surface area contributed by atoms with Gasteiger partial charge in [-0.2, -0.15) is 0 Å². The van der Waals surface area contributed by atoms with Crippen molar-refractivity contribution in [1.82, 2.24) is 4.90 Å². The van der Waals surface area contributed by atoms with E-state index in [1.165, 1.54) is 38.5 Å². The fourth-order valence-corrected chi connectivity index (χ4v) is 2.49. The van der Waals surface area contributed by atoms with Gasteiger partial charge < -0.3 is 4.90 Å². The van der Waals surface area contributed by atoms with E-state index in [4.69, 9.17) is 5.41 Å². The van der Waals surface area contributed by atoms with Crippen molar-refractivity contribution in [2.75, 3.05) is 6.54 Å². The van der Waals surface area contributed by atoms with Crippen LogP contribution in [0.3, 0.4) is 0 Å². The van der Waals surface area contributed by atoms with Gasteiger partial charge in [-0.25, -0.2) is 0 Å². The van der Waals surface area contributed by atoms with Gasteiger partial charge in [0, 0.05) is 19.0 Å². The van der Waals surface area contributed by atoms with Crippen LogP contribution in [-0.2, 0) is 0 Å². The average Bonchev–Trinajstić information content (AvgIpc) is 2.53. The largest absolute Gasteiger partial charge is 0.358 e. The van der Waals surface area contributed by atoms with Crippen LogP contribution in [0.5, 0.6) is 0 Å². The molecule has 0 amide bonds. The Labute approximate surface area is 86.6 Å². The molecule has 76 valence electrons. The van der Waals surface area contributed by atoms with Gasteiger partial charge in [0.2, 0.25) is 0 Å². The Morgan fingerprint density at radius 2 is 1.77 bits per heavy atom. The molecule has 0 bridgehead atoms. The second-order valence-corrected chi connectivity index (χ2v) is 4.04. The normalized spacial score (nSPS) is 24.6. The summed E-state index contributed by atoms with van der Waals surface area (Å²) >= 11 is 0. The summed E-state index contributed by atoms with van der Waals surface area (Å²) in [5.74, 6) is 0.905. The lowest BCUT2D eigenvalue weighted by Crippen LogP contribution is -2.37. The summed E-state index contributed by atoms with van der Waals surface area (Å²) in [6.07, 6.45) is 9.09. The van der Waals surface area contributed by atoms with E-state index < -0.39 is 0 Å². The summed E-state index contributed by atoms with van der Waals surface area (Å²) in [5.41, 5.74) is 0. The van der Waals surface area contributed by atoms with E-state index in [9.17, 15) is 0 Å². The Hall–Kier alpha value is -0.240. The minimum Gasteiger partial charge on any atom is -0.358 e. The average molecular weight is 203 g/mol. The van der Waals surface area contributed by atoms with Crippen LogP contribution < -0.4 is 0 Å². The number of amidine groups is 1. The molecule has 0 radical (unpaired) electrons. The van der Waals surface area contributed by atoms with Crippen molar-refractivity contribution in [3.63, 3.8) is 0 Å². The third-order valence-electron chi connectivity index (χ3n) is 3.17. The Bertz CT molecular complexity index is 176. The molecule has 1 saturated heterocycles. The third kappa shape index (κ3) is 2.37. The minimum atomic E-state index is 0. The fraction of sp³-hybridized carbons (Fsp3) is 0.900. The van der Waals surface area contributed by atoms with Crippen LogP contribution in [0.1, 0.15) is 44.9 Å². The van der Waals surface area contributed by atoms with Crippen molar-refractivity contribution in [3.8, 4) is 0 Å². The van der Waals surface area contributed by atoms with Crippen molar-refractivity contribution in [2.24, 2.45) is 0 Å².